The molecule has 50 valence electrons. The number of hydrogen-bond acceptors (Lipinski definition) is 5. The van der Waals surface area contributed by atoms with E-state index in [9.17, 15) is 0 Å². The van der Waals surface area contributed by atoms with Crippen LogP contribution in [-0.4, -0.2) is 37.7 Å². The van der Waals surface area contributed by atoms with Crippen molar-refractivity contribution in [3.8, 4) is 0 Å². The molecule has 1 aliphatic rings. The fourth-order valence-corrected chi connectivity index (χ4v) is 0.754. The van der Waals surface area contributed by atoms with Crippen molar-refractivity contribution in [2.45, 2.75) is 0 Å². The smallest absolute Gasteiger partial charge is 0.265 e. The van der Waals surface area contributed by atoms with Gasteiger partial charge in [0.2, 0.25) is 0 Å². The molecule has 1 aliphatic heterocycles. The van der Waals surface area contributed by atoms with Gasteiger partial charge < -0.3 is 25.7 Å². The molecule has 5 nitrogen and oxygen atoms in total. The lowest BCUT2D eigenvalue weighted by Crippen LogP contribution is -2.55. The van der Waals surface area contributed by atoms with Crippen LogP contribution < -0.4 is 25.7 Å². The molecule has 0 spiro atoms. The van der Waals surface area contributed by atoms with Gasteiger partial charge in [0, 0.05) is 0 Å². The predicted octanol–water partition coefficient (Wildman–Crippen LogP) is -5.72. The average Bonchev–Trinajstić information content (AvgIpc) is 2.01. The summed E-state index contributed by atoms with van der Waals surface area (Å²) in [5, 5.41) is 15.8. The summed E-state index contributed by atoms with van der Waals surface area (Å²) in [5.41, 5.74) is 0. The van der Waals surface area contributed by atoms with Crippen LogP contribution in [-0.2, 0) is 0 Å². The van der Waals surface area contributed by atoms with Crippen LogP contribution in [0.1, 0.15) is 0 Å². The zero-order chi connectivity index (χ0) is 7.07. The number of nitrogens with one attached hydrogen (secondary N) is 5. The lowest BCUT2D eigenvalue weighted by atomic mass is 9.85. The Morgan fingerprint density at radius 2 is 0.600 bits per heavy atom. The second kappa shape index (κ2) is 5.88. The zero-order valence-corrected chi connectivity index (χ0v) is 6.04. The summed E-state index contributed by atoms with van der Waals surface area (Å²) in [6, 6.07) is 0. The van der Waals surface area contributed by atoms with E-state index in [1.54, 1.807) is 0 Å². The van der Waals surface area contributed by atoms with Crippen LogP contribution in [0.4, 0.5) is 0 Å². The molecule has 1 fully saturated rings. The molecule has 10 heavy (non-hydrogen) atoms. The predicted molar refractivity (Wildman–Crippen MR) is 51.4 cm³/mol. The molecule has 5 N–H and O–H groups in total. The van der Waals surface area contributed by atoms with Crippen molar-refractivity contribution < 1.29 is 0 Å². The van der Waals surface area contributed by atoms with Gasteiger partial charge in [0.05, 0.1) is 0 Å². The summed E-state index contributed by atoms with van der Waals surface area (Å²) in [7, 11) is 4.24. The fourth-order valence-electron chi connectivity index (χ4n) is 0.754. The maximum atomic E-state index is 3.15. The molecule has 0 aromatic heterocycles. The molecule has 0 unspecified atom stereocenters. The van der Waals surface area contributed by atoms with Gasteiger partial charge in [-0.3, -0.25) is 0 Å². The molecule has 0 aromatic rings. The van der Waals surface area contributed by atoms with E-state index >= 15 is 0 Å². The minimum absolute atomic E-state index is 0.847. The maximum Gasteiger partial charge on any atom is 0.265 e. The lowest BCUT2D eigenvalue weighted by Gasteiger charge is -2.08. The van der Waals surface area contributed by atoms with E-state index in [0.29, 0.717) is 0 Å². The first kappa shape index (κ1) is 8.22. The minimum atomic E-state index is 0.847. The van der Waals surface area contributed by atoms with Crippen LogP contribution in [0.25, 0.3) is 0 Å². The van der Waals surface area contributed by atoms with Crippen molar-refractivity contribution in [1.82, 2.24) is 25.7 Å². The highest BCUT2D eigenvalue weighted by Gasteiger charge is 1.98. The molecular formula is H10B5N5. The Morgan fingerprint density at radius 1 is 0.400 bits per heavy atom. The van der Waals surface area contributed by atoms with E-state index < -0.39 is 0 Å². The van der Waals surface area contributed by atoms with Gasteiger partial charge in [-0.15, -0.1) is 0 Å². The lowest BCUT2D eigenvalue weighted by molar-refractivity contribution is 1.28. The Labute approximate surface area is 64.3 Å². The summed E-state index contributed by atoms with van der Waals surface area (Å²) in [4.78, 5) is 0. The quantitative estimate of drug-likeness (QED) is 0.214. The monoisotopic (exact) mass is 135 g/mol. The van der Waals surface area contributed by atoms with Crippen LogP contribution in [0.2, 0.25) is 0 Å². The third kappa shape index (κ3) is 4.02. The van der Waals surface area contributed by atoms with Gasteiger partial charge in [0.1, 0.15) is 0 Å². The van der Waals surface area contributed by atoms with E-state index in [4.69, 9.17) is 0 Å². The second-order valence-electron chi connectivity index (χ2n) is 2.13. The number of hydrogen-bond donors (Lipinski definition) is 5. The fraction of sp³-hybridized carbons (Fsp3) is 0. The molecule has 0 atom stereocenters. The third-order valence-electron chi connectivity index (χ3n) is 1.25. The van der Waals surface area contributed by atoms with E-state index in [1.165, 1.54) is 0 Å². The van der Waals surface area contributed by atoms with Gasteiger partial charge >= 0.3 is 0 Å². The first-order valence-corrected chi connectivity index (χ1v) is 3.54. The van der Waals surface area contributed by atoms with Gasteiger partial charge in [-0.05, 0) is 0 Å². The molecular weight excluding hydrogens is 124 g/mol. The van der Waals surface area contributed by atoms with Crippen LogP contribution in [0.15, 0.2) is 0 Å². The molecule has 0 aromatic carbocycles. The molecule has 0 aliphatic carbocycles. The Bertz CT molecular complexity index is 43.2. The van der Waals surface area contributed by atoms with E-state index in [1.807, 2.05) is 0 Å². The van der Waals surface area contributed by atoms with Gasteiger partial charge in [-0.1, -0.05) is 0 Å². The van der Waals surface area contributed by atoms with Crippen molar-refractivity contribution in [3.63, 3.8) is 0 Å². The van der Waals surface area contributed by atoms with E-state index in [-0.39, 0.29) is 0 Å². The highest BCUT2D eigenvalue weighted by atomic mass is 15.0. The van der Waals surface area contributed by atoms with Crippen molar-refractivity contribution in [2.75, 3.05) is 0 Å². The molecule has 1 heterocycles. The second-order valence-corrected chi connectivity index (χ2v) is 2.13. The molecule has 1 rings (SSSR count). The Balaban J connectivity index is 2.00. The molecule has 0 bridgehead atoms. The van der Waals surface area contributed by atoms with Crippen molar-refractivity contribution >= 4 is 37.7 Å². The van der Waals surface area contributed by atoms with Gasteiger partial charge in [0.25, 0.3) is 37.7 Å². The highest BCUT2D eigenvalue weighted by Crippen LogP contribution is 1.47. The highest BCUT2D eigenvalue weighted by molar-refractivity contribution is 6.65. The molecule has 1 saturated heterocycles. The summed E-state index contributed by atoms with van der Waals surface area (Å²) in [6.07, 6.45) is 0. The minimum Gasteiger partial charge on any atom is -0.378 e. The van der Waals surface area contributed by atoms with Crippen LogP contribution in [0, 0.1) is 0 Å². The molecule has 0 saturated carbocycles. The third-order valence-corrected chi connectivity index (χ3v) is 1.25. The van der Waals surface area contributed by atoms with Gasteiger partial charge in [-0.25, -0.2) is 0 Å². The SMILES string of the molecule is B1NBNBNBNBN1. The zero-order valence-electron chi connectivity index (χ0n) is 6.04. The summed E-state index contributed by atoms with van der Waals surface area (Å²) < 4.78 is 0. The Hall–Kier alpha value is 0.125. The molecule has 0 radical (unpaired) electrons. The van der Waals surface area contributed by atoms with Crippen molar-refractivity contribution in [2.24, 2.45) is 0 Å². The first-order valence-electron chi connectivity index (χ1n) is 3.54. The van der Waals surface area contributed by atoms with Crippen LogP contribution in [0.5, 0.6) is 0 Å². The first-order chi connectivity index (χ1) is 5.00. The average molecular weight is 134 g/mol. The Kier molecular flexibility index (Phi) is 4.83. The molecule has 10 heteroatoms. The Morgan fingerprint density at radius 3 is 0.800 bits per heavy atom. The van der Waals surface area contributed by atoms with E-state index in [2.05, 4.69) is 25.7 Å². The summed E-state index contributed by atoms with van der Waals surface area (Å²) in [5.74, 6) is 0. The van der Waals surface area contributed by atoms with Crippen LogP contribution >= 0.6 is 0 Å². The van der Waals surface area contributed by atoms with E-state index in [0.717, 1.165) is 37.7 Å². The van der Waals surface area contributed by atoms with Gasteiger partial charge in [0.15, 0.2) is 0 Å². The van der Waals surface area contributed by atoms with Gasteiger partial charge in [-0.2, -0.15) is 0 Å². The van der Waals surface area contributed by atoms with Crippen molar-refractivity contribution in [1.29, 1.82) is 0 Å². The number of rotatable bonds is 0. The summed E-state index contributed by atoms with van der Waals surface area (Å²) >= 11 is 0. The molecule has 0 amide bonds. The normalized spacial score (nSPS) is 20.0. The van der Waals surface area contributed by atoms with Crippen LogP contribution in [0.3, 0.4) is 0 Å². The largest absolute Gasteiger partial charge is 0.378 e. The standard InChI is InChI=1S/B5H10N5/c1-6-2-8-4-10-5-9-3-7-1/h1-10H. The van der Waals surface area contributed by atoms with Crippen molar-refractivity contribution in [3.05, 3.63) is 0 Å². The maximum absolute atomic E-state index is 3.15. The summed E-state index contributed by atoms with van der Waals surface area (Å²) in [6.45, 7) is 0. The topological polar surface area (TPSA) is 60.1 Å².